The van der Waals surface area contributed by atoms with Crippen LogP contribution in [-0.2, 0) is 18.0 Å². The molecular weight excluding hydrogens is 535 g/mol. The summed E-state index contributed by atoms with van der Waals surface area (Å²) in [6.45, 7) is 0.718. The van der Waals surface area contributed by atoms with E-state index in [0.29, 0.717) is 33.8 Å². The first-order valence-corrected chi connectivity index (χ1v) is 12.2. The highest BCUT2D eigenvalue weighted by Gasteiger charge is 2.11. The van der Waals surface area contributed by atoms with Gasteiger partial charge in [0.2, 0.25) is 0 Å². The second kappa shape index (κ2) is 12.5. The molecule has 0 aromatic heterocycles. The number of ether oxygens (including phenoxy) is 2. The van der Waals surface area contributed by atoms with E-state index in [1.165, 1.54) is 18.2 Å². The number of nitriles is 1. The summed E-state index contributed by atoms with van der Waals surface area (Å²) in [6, 6.07) is 30.0. The van der Waals surface area contributed by atoms with Crippen LogP contribution < -0.4 is 14.8 Å². The van der Waals surface area contributed by atoms with E-state index in [9.17, 15) is 14.4 Å². The summed E-state index contributed by atoms with van der Waals surface area (Å²) in [5, 5.41) is 12.3. The first-order chi connectivity index (χ1) is 18.0. The van der Waals surface area contributed by atoms with Gasteiger partial charge in [0, 0.05) is 5.69 Å². The van der Waals surface area contributed by atoms with Gasteiger partial charge in [0.15, 0.2) is 0 Å². The first kappa shape index (κ1) is 25.7. The number of nitrogens with zero attached hydrogens (tertiary/aromatic N) is 1. The first-order valence-electron chi connectivity index (χ1n) is 11.4. The number of hydrogen-bond donors (Lipinski definition) is 1. The number of hydrogen-bond acceptors (Lipinski definition) is 4. The molecule has 4 aromatic rings. The standard InChI is InChI=1S/C30H22BrFN2O3/c31-28-17-23(8-15-29(28)37-20-22-6-9-25(32)10-7-22)16-24(18-33)30(35)34-26-11-13-27(14-12-26)36-19-21-4-2-1-3-5-21/h1-17H,19-20H2,(H,34,35)/b24-16+. The third kappa shape index (κ3) is 7.53. The third-order valence-corrected chi connectivity index (χ3v) is 5.92. The molecule has 0 spiro atoms. The van der Waals surface area contributed by atoms with Gasteiger partial charge in [-0.2, -0.15) is 5.26 Å². The van der Waals surface area contributed by atoms with Crippen LogP contribution in [0.1, 0.15) is 16.7 Å². The fourth-order valence-electron chi connectivity index (χ4n) is 3.35. The lowest BCUT2D eigenvalue weighted by molar-refractivity contribution is -0.112. The van der Waals surface area contributed by atoms with Gasteiger partial charge in [-0.25, -0.2) is 4.39 Å². The molecule has 4 aromatic carbocycles. The second-order valence-electron chi connectivity index (χ2n) is 8.03. The van der Waals surface area contributed by atoms with E-state index in [0.717, 1.165) is 11.1 Å². The van der Waals surface area contributed by atoms with Crippen molar-refractivity contribution in [3.05, 3.63) is 130 Å². The Bertz CT molecular complexity index is 1430. The molecule has 0 aliphatic heterocycles. The van der Waals surface area contributed by atoms with Crippen LogP contribution in [0.15, 0.2) is 107 Å². The van der Waals surface area contributed by atoms with Gasteiger partial charge in [-0.3, -0.25) is 4.79 Å². The minimum atomic E-state index is -0.520. The summed E-state index contributed by atoms with van der Waals surface area (Å²) in [4.78, 5) is 12.7. The molecule has 0 unspecified atom stereocenters. The van der Waals surface area contributed by atoms with Gasteiger partial charge in [-0.15, -0.1) is 0 Å². The number of nitrogens with one attached hydrogen (secondary N) is 1. The molecule has 0 saturated heterocycles. The number of rotatable bonds is 9. The van der Waals surface area contributed by atoms with Crippen molar-refractivity contribution in [2.45, 2.75) is 13.2 Å². The molecule has 0 aliphatic carbocycles. The molecule has 184 valence electrons. The fraction of sp³-hybridized carbons (Fsp3) is 0.0667. The lowest BCUT2D eigenvalue weighted by Gasteiger charge is -2.10. The number of amides is 1. The van der Waals surface area contributed by atoms with Gasteiger partial charge >= 0.3 is 0 Å². The largest absolute Gasteiger partial charge is 0.489 e. The van der Waals surface area contributed by atoms with Gasteiger partial charge in [-0.1, -0.05) is 48.5 Å². The van der Waals surface area contributed by atoms with Gasteiger partial charge in [0.25, 0.3) is 5.91 Å². The number of carbonyl (C=O) groups is 1. The number of benzene rings is 4. The van der Waals surface area contributed by atoms with E-state index < -0.39 is 5.91 Å². The van der Waals surface area contributed by atoms with E-state index in [4.69, 9.17) is 9.47 Å². The van der Waals surface area contributed by atoms with Gasteiger partial charge < -0.3 is 14.8 Å². The Morgan fingerprint density at radius 2 is 1.57 bits per heavy atom. The Morgan fingerprint density at radius 1 is 0.892 bits per heavy atom. The van der Waals surface area contributed by atoms with Crippen LogP contribution in [0.2, 0.25) is 0 Å². The zero-order valence-corrected chi connectivity index (χ0v) is 21.2. The Hall–Kier alpha value is -4.41. The van der Waals surface area contributed by atoms with Crippen LogP contribution in [-0.4, -0.2) is 5.91 Å². The maximum atomic E-state index is 13.1. The predicted octanol–water partition coefficient (Wildman–Crippen LogP) is 7.29. The maximum absolute atomic E-state index is 13.1. The van der Waals surface area contributed by atoms with Crippen molar-refractivity contribution >= 4 is 33.6 Å². The quantitative estimate of drug-likeness (QED) is 0.173. The smallest absolute Gasteiger partial charge is 0.266 e. The van der Waals surface area contributed by atoms with Gasteiger partial charge in [0.1, 0.15) is 42.2 Å². The summed E-state index contributed by atoms with van der Waals surface area (Å²) in [5.74, 6) is 0.431. The third-order valence-electron chi connectivity index (χ3n) is 5.30. The second-order valence-corrected chi connectivity index (χ2v) is 8.88. The van der Waals surface area contributed by atoms with E-state index in [2.05, 4.69) is 21.2 Å². The molecule has 0 bridgehead atoms. The zero-order valence-electron chi connectivity index (χ0n) is 19.7. The molecule has 0 fully saturated rings. The molecule has 1 amide bonds. The van der Waals surface area contributed by atoms with Crippen molar-refractivity contribution in [2.24, 2.45) is 0 Å². The Kier molecular flexibility index (Phi) is 8.69. The Balaban J connectivity index is 1.35. The van der Waals surface area contributed by atoms with Crippen molar-refractivity contribution < 1.29 is 18.7 Å². The SMILES string of the molecule is N#C/C(=C\c1ccc(OCc2ccc(F)cc2)c(Br)c1)C(=O)Nc1ccc(OCc2ccccc2)cc1. The number of halogens is 2. The molecular formula is C30H22BrFN2O3. The van der Waals surface area contributed by atoms with Crippen LogP contribution in [0.4, 0.5) is 10.1 Å². The van der Waals surface area contributed by atoms with Crippen molar-refractivity contribution in [3.63, 3.8) is 0 Å². The summed E-state index contributed by atoms with van der Waals surface area (Å²) in [7, 11) is 0. The monoisotopic (exact) mass is 556 g/mol. The zero-order chi connectivity index (χ0) is 26.0. The van der Waals surface area contributed by atoms with Crippen LogP contribution >= 0.6 is 15.9 Å². The average Bonchev–Trinajstić information content (AvgIpc) is 2.92. The summed E-state index contributed by atoms with van der Waals surface area (Å²) < 4.78 is 25.3. The lowest BCUT2D eigenvalue weighted by Crippen LogP contribution is -2.13. The average molecular weight is 557 g/mol. The molecule has 0 aliphatic rings. The topological polar surface area (TPSA) is 71.3 Å². The molecule has 5 nitrogen and oxygen atoms in total. The Morgan fingerprint density at radius 3 is 2.24 bits per heavy atom. The molecule has 0 radical (unpaired) electrons. The van der Waals surface area contributed by atoms with E-state index in [1.54, 1.807) is 54.6 Å². The van der Waals surface area contributed by atoms with E-state index >= 15 is 0 Å². The molecule has 7 heteroatoms. The molecule has 4 rings (SSSR count). The molecule has 0 atom stereocenters. The Labute approximate surface area is 222 Å². The summed E-state index contributed by atoms with van der Waals surface area (Å²) in [6.07, 6.45) is 1.50. The van der Waals surface area contributed by atoms with Crippen molar-refractivity contribution in [3.8, 4) is 17.6 Å². The highest BCUT2D eigenvalue weighted by atomic mass is 79.9. The highest BCUT2D eigenvalue weighted by molar-refractivity contribution is 9.10. The van der Waals surface area contributed by atoms with Crippen molar-refractivity contribution in [1.82, 2.24) is 0 Å². The molecule has 0 heterocycles. The lowest BCUT2D eigenvalue weighted by atomic mass is 10.1. The fourth-order valence-corrected chi connectivity index (χ4v) is 3.87. The van der Waals surface area contributed by atoms with Crippen molar-refractivity contribution in [1.29, 1.82) is 5.26 Å². The van der Waals surface area contributed by atoms with Crippen LogP contribution in [0.5, 0.6) is 11.5 Å². The summed E-state index contributed by atoms with van der Waals surface area (Å²) in [5.41, 5.74) is 3.04. The molecule has 37 heavy (non-hydrogen) atoms. The van der Waals surface area contributed by atoms with Crippen LogP contribution in [0, 0.1) is 17.1 Å². The summed E-state index contributed by atoms with van der Waals surface area (Å²) >= 11 is 3.46. The minimum absolute atomic E-state index is 0.0451. The van der Waals surface area contributed by atoms with Crippen LogP contribution in [0.25, 0.3) is 6.08 Å². The van der Waals surface area contributed by atoms with E-state index in [1.807, 2.05) is 36.4 Å². The number of carbonyl (C=O) groups excluding carboxylic acids is 1. The maximum Gasteiger partial charge on any atom is 0.266 e. The van der Waals surface area contributed by atoms with E-state index in [-0.39, 0.29) is 18.0 Å². The highest BCUT2D eigenvalue weighted by Crippen LogP contribution is 2.28. The van der Waals surface area contributed by atoms with Gasteiger partial charge in [0.05, 0.1) is 4.47 Å². The molecule has 0 saturated carbocycles. The van der Waals surface area contributed by atoms with Gasteiger partial charge in [-0.05, 0) is 87.2 Å². The number of anilines is 1. The molecule has 1 N–H and O–H groups in total. The minimum Gasteiger partial charge on any atom is -0.489 e. The van der Waals surface area contributed by atoms with Crippen LogP contribution in [0.3, 0.4) is 0 Å². The predicted molar refractivity (Wildman–Crippen MR) is 144 cm³/mol. The van der Waals surface area contributed by atoms with Crippen molar-refractivity contribution in [2.75, 3.05) is 5.32 Å². The normalized spacial score (nSPS) is 10.9.